The van der Waals surface area contributed by atoms with Gasteiger partial charge in [-0.3, -0.25) is 4.79 Å². The molecule has 1 amide bonds. The molecule has 17 heavy (non-hydrogen) atoms. The number of anilines is 1. The number of nitrogens with zero attached hydrogens (tertiary/aromatic N) is 2. The first-order valence-electron chi connectivity index (χ1n) is 6.11. The summed E-state index contributed by atoms with van der Waals surface area (Å²) in [6.07, 6.45) is 4.01. The quantitative estimate of drug-likeness (QED) is 0.774. The maximum Gasteiger partial charge on any atom is 0.231 e. The van der Waals surface area contributed by atoms with Gasteiger partial charge in [0.15, 0.2) is 0 Å². The average Bonchev–Trinajstić information content (AvgIpc) is 2.66. The third-order valence-electron chi connectivity index (χ3n) is 3.59. The Bertz CT molecular complexity index is 528. The van der Waals surface area contributed by atoms with E-state index in [9.17, 15) is 4.79 Å². The van der Waals surface area contributed by atoms with Crippen molar-refractivity contribution < 1.29 is 4.79 Å². The molecule has 0 saturated heterocycles. The van der Waals surface area contributed by atoms with Crippen molar-refractivity contribution in [3.05, 3.63) is 28.8 Å². The summed E-state index contributed by atoms with van der Waals surface area (Å²) in [6.45, 7) is 0.871. The van der Waals surface area contributed by atoms with Gasteiger partial charge in [-0.2, -0.15) is 5.26 Å². The van der Waals surface area contributed by atoms with E-state index in [1.54, 1.807) is 0 Å². The molecule has 3 heteroatoms. The number of nitriles is 1. The molecule has 0 N–H and O–H groups in total. The van der Waals surface area contributed by atoms with Crippen molar-refractivity contribution in [1.82, 2.24) is 0 Å². The summed E-state index contributed by atoms with van der Waals surface area (Å²) in [5, 5.41) is 8.63. The van der Waals surface area contributed by atoms with Gasteiger partial charge in [-0.15, -0.1) is 0 Å². The van der Waals surface area contributed by atoms with Gasteiger partial charge in [0.25, 0.3) is 0 Å². The lowest BCUT2D eigenvalue weighted by Crippen LogP contribution is -2.31. The Labute approximate surface area is 101 Å². The van der Waals surface area contributed by atoms with Gasteiger partial charge >= 0.3 is 0 Å². The van der Waals surface area contributed by atoms with E-state index >= 15 is 0 Å². The Morgan fingerprint density at radius 3 is 3.00 bits per heavy atom. The molecular formula is C14H14N2O. The second kappa shape index (κ2) is 3.89. The maximum atomic E-state index is 11.8. The Morgan fingerprint density at radius 1 is 1.35 bits per heavy atom. The van der Waals surface area contributed by atoms with Crippen LogP contribution < -0.4 is 4.90 Å². The van der Waals surface area contributed by atoms with Crippen molar-refractivity contribution in [1.29, 1.82) is 5.26 Å². The minimum atomic E-state index is 0.235. The van der Waals surface area contributed by atoms with Crippen molar-refractivity contribution in [3.8, 4) is 6.07 Å². The molecule has 0 bridgehead atoms. The SMILES string of the molecule is N#CCCc1cc2c3c(c1)CC(=O)N3CCC2. The fourth-order valence-corrected chi connectivity index (χ4v) is 2.90. The van der Waals surface area contributed by atoms with E-state index in [2.05, 4.69) is 18.2 Å². The number of amides is 1. The van der Waals surface area contributed by atoms with Gasteiger partial charge in [-0.1, -0.05) is 12.1 Å². The Morgan fingerprint density at radius 2 is 2.18 bits per heavy atom. The molecule has 2 heterocycles. The molecule has 1 aromatic carbocycles. The van der Waals surface area contributed by atoms with Crippen LogP contribution in [0.25, 0.3) is 0 Å². The fourth-order valence-electron chi connectivity index (χ4n) is 2.90. The first-order valence-corrected chi connectivity index (χ1v) is 6.11. The standard InChI is InChI=1S/C14H14N2O/c15-5-1-3-10-7-11-4-2-6-16-13(17)9-12(8-10)14(11)16/h7-8H,1-4,6,9H2. The van der Waals surface area contributed by atoms with Gasteiger partial charge < -0.3 is 4.90 Å². The van der Waals surface area contributed by atoms with Gasteiger partial charge in [-0.05, 0) is 36.0 Å². The van der Waals surface area contributed by atoms with Crippen LogP contribution in [0.4, 0.5) is 5.69 Å². The second-order valence-corrected chi connectivity index (χ2v) is 4.75. The lowest BCUT2D eigenvalue weighted by atomic mass is 9.95. The molecule has 0 unspecified atom stereocenters. The van der Waals surface area contributed by atoms with Crippen LogP contribution in [0.3, 0.4) is 0 Å². The van der Waals surface area contributed by atoms with Crippen LogP contribution in [0.1, 0.15) is 29.5 Å². The summed E-state index contributed by atoms with van der Waals surface area (Å²) in [4.78, 5) is 13.8. The van der Waals surface area contributed by atoms with E-state index in [1.807, 2.05) is 4.90 Å². The molecule has 3 rings (SSSR count). The van der Waals surface area contributed by atoms with Gasteiger partial charge in [0.1, 0.15) is 0 Å². The second-order valence-electron chi connectivity index (χ2n) is 4.75. The highest BCUT2D eigenvalue weighted by Crippen LogP contribution is 2.37. The van der Waals surface area contributed by atoms with Gasteiger partial charge in [0, 0.05) is 13.0 Å². The van der Waals surface area contributed by atoms with Crippen LogP contribution in [0.15, 0.2) is 12.1 Å². The molecule has 0 radical (unpaired) electrons. The molecule has 0 fully saturated rings. The first kappa shape index (κ1) is 10.3. The summed E-state index contributed by atoms with van der Waals surface area (Å²) in [5.74, 6) is 0.235. The Hall–Kier alpha value is -1.82. The van der Waals surface area contributed by atoms with E-state index in [4.69, 9.17) is 5.26 Å². The molecule has 2 aliphatic heterocycles. The number of rotatable bonds is 2. The molecule has 0 aromatic heterocycles. The zero-order valence-corrected chi connectivity index (χ0v) is 9.70. The van der Waals surface area contributed by atoms with Gasteiger partial charge in [-0.25, -0.2) is 0 Å². The summed E-state index contributed by atoms with van der Waals surface area (Å²) >= 11 is 0. The monoisotopic (exact) mass is 226 g/mol. The van der Waals surface area contributed by atoms with Crippen molar-refractivity contribution in [2.75, 3.05) is 11.4 Å². The maximum absolute atomic E-state index is 11.8. The van der Waals surface area contributed by atoms with Crippen LogP contribution in [-0.2, 0) is 24.1 Å². The molecule has 0 aliphatic carbocycles. The molecule has 0 saturated carbocycles. The summed E-state index contributed by atoms with van der Waals surface area (Å²) < 4.78 is 0. The van der Waals surface area contributed by atoms with Crippen molar-refractivity contribution in [3.63, 3.8) is 0 Å². The normalized spacial score (nSPS) is 16.9. The van der Waals surface area contributed by atoms with E-state index in [0.717, 1.165) is 25.8 Å². The van der Waals surface area contributed by atoms with Crippen molar-refractivity contribution in [2.45, 2.75) is 32.1 Å². The summed E-state index contributed by atoms with van der Waals surface area (Å²) in [5.41, 5.74) is 4.84. The van der Waals surface area contributed by atoms with E-state index in [-0.39, 0.29) is 5.91 Å². The number of carbonyl (C=O) groups is 1. The highest BCUT2D eigenvalue weighted by Gasteiger charge is 2.32. The molecule has 0 spiro atoms. The lowest BCUT2D eigenvalue weighted by molar-refractivity contribution is -0.117. The highest BCUT2D eigenvalue weighted by atomic mass is 16.2. The van der Waals surface area contributed by atoms with E-state index in [0.29, 0.717) is 12.8 Å². The van der Waals surface area contributed by atoms with E-state index < -0.39 is 0 Å². The third kappa shape index (κ3) is 1.61. The molecule has 1 aromatic rings. The number of carbonyl (C=O) groups excluding carboxylic acids is 1. The Balaban J connectivity index is 2.03. The van der Waals surface area contributed by atoms with Crippen LogP contribution in [0.5, 0.6) is 0 Å². The number of hydrogen-bond donors (Lipinski definition) is 0. The number of benzene rings is 1. The summed E-state index contributed by atoms with van der Waals surface area (Å²) in [6, 6.07) is 6.47. The zero-order chi connectivity index (χ0) is 11.8. The van der Waals surface area contributed by atoms with Crippen molar-refractivity contribution in [2.24, 2.45) is 0 Å². The molecule has 3 nitrogen and oxygen atoms in total. The first-order chi connectivity index (χ1) is 8.29. The van der Waals surface area contributed by atoms with Crippen LogP contribution in [-0.4, -0.2) is 12.5 Å². The Kier molecular flexibility index (Phi) is 2.36. The van der Waals surface area contributed by atoms with Crippen LogP contribution in [0.2, 0.25) is 0 Å². The molecule has 2 aliphatic rings. The van der Waals surface area contributed by atoms with Crippen LogP contribution in [0, 0.1) is 11.3 Å². The van der Waals surface area contributed by atoms with Gasteiger partial charge in [0.05, 0.1) is 18.2 Å². The largest absolute Gasteiger partial charge is 0.312 e. The predicted molar refractivity (Wildman–Crippen MR) is 64.8 cm³/mol. The lowest BCUT2D eigenvalue weighted by Gasteiger charge is -2.26. The summed E-state index contributed by atoms with van der Waals surface area (Å²) in [7, 11) is 0. The highest BCUT2D eigenvalue weighted by molar-refractivity contribution is 6.02. The minimum absolute atomic E-state index is 0.235. The predicted octanol–water partition coefficient (Wildman–Crippen LogP) is 1.98. The number of aryl methyl sites for hydroxylation is 2. The molecular weight excluding hydrogens is 212 g/mol. The molecule has 0 atom stereocenters. The third-order valence-corrected chi connectivity index (χ3v) is 3.59. The fraction of sp³-hybridized carbons (Fsp3) is 0.429. The zero-order valence-electron chi connectivity index (χ0n) is 9.70. The smallest absolute Gasteiger partial charge is 0.231 e. The van der Waals surface area contributed by atoms with Crippen molar-refractivity contribution >= 4 is 11.6 Å². The molecule has 86 valence electrons. The number of hydrogen-bond acceptors (Lipinski definition) is 2. The topological polar surface area (TPSA) is 44.1 Å². The minimum Gasteiger partial charge on any atom is -0.312 e. The van der Waals surface area contributed by atoms with Crippen LogP contribution >= 0.6 is 0 Å². The van der Waals surface area contributed by atoms with E-state index in [1.165, 1.54) is 22.4 Å². The van der Waals surface area contributed by atoms with Gasteiger partial charge in [0.2, 0.25) is 5.91 Å². The average molecular weight is 226 g/mol.